The van der Waals surface area contributed by atoms with Gasteiger partial charge < -0.3 is 14.6 Å². The average Bonchev–Trinajstić information content (AvgIpc) is 3.05. The number of aryl methyl sites for hydroxylation is 1. The van der Waals surface area contributed by atoms with Crippen LogP contribution < -0.4 is 10.1 Å². The standard InChI is InChI=1S/C17H21N3O3/c1-3-5-6-16-19-17(20-23-16)13-7-9-14(10-8-13)22-12-15(21)18-11-4-2/h4,7-10H,2-3,5-6,11-12H2,1H3,(H,18,21). The van der Waals surface area contributed by atoms with Gasteiger partial charge >= 0.3 is 0 Å². The van der Waals surface area contributed by atoms with E-state index in [4.69, 9.17) is 9.26 Å². The zero-order chi connectivity index (χ0) is 16.5. The third-order valence-corrected chi connectivity index (χ3v) is 3.14. The number of rotatable bonds is 9. The Morgan fingerprint density at radius 3 is 2.87 bits per heavy atom. The molecule has 0 unspecified atom stereocenters. The topological polar surface area (TPSA) is 77.2 Å². The van der Waals surface area contributed by atoms with Crippen LogP contribution >= 0.6 is 0 Å². The SMILES string of the molecule is C=CCNC(=O)COc1ccc(-c2noc(CCCC)n2)cc1. The highest BCUT2D eigenvalue weighted by atomic mass is 16.5. The van der Waals surface area contributed by atoms with E-state index in [1.807, 2.05) is 12.1 Å². The predicted molar refractivity (Wildman–Crippen MR) is 87.0 cm³/mol. The summed E-state index contributed by atoms with van der Waals surface area (Å²) in [7, 11) is 0. The number of aromatic nitrogens is 2. The summed E-state index contributed by atoms with van der Waals surface area (Å²) in [4.78, 5) is 15.8. The number of hydrogen-bond acceptors (Lipinski definition) is 5. The number of nitrogens with one attached hydrogen (secondary N) is 1. The number of carbonyl (C=O) groups is 1. The van der Waals surface area contributed by atoms with E-state index in [1.165, 1.54) is 0 Å². The van der Waals surface area contributed by atoms with Gasteiger partial charge in [0, 0.05) is 18.5 Å². The molecule has 0 fully saturated rings. The molecule has 0 aliphatic carbocycles. The molecular formula is C17H21N3O3. The Morgan fingerprint density at radius 2 is 2.17 bits per heavy atom. The first kappa shape index (κ1) is 16.7. The fourth-order valence-corrected chi connectivity index (χ4v) is 1.89. The summed E-state index contributed by atoms with van der Waals surface area (Å²) in [6, 6.07) is 7.23. The first-order valence-corrected chi connectivity index (χ1v) is 7.66. The van der Waals surface area contributed by atoms with Crippen molar-refractivity contribution < 1.29 is 14.1 Å². The second-order valence-electron chi connectivity index (χ2n) is 5.02. The van der Waals surface area contributed by atoms with Crippen LogP contribution in [0.2, 0.25) is 0 Å². The molecule has 0 radical (unpaired) electrons. The quantitative estimate of drug-likeness (QED) is 0.720. The van der Waals surface area contributed by atoms with E-state index in [0.29, 0.717) is 24.0 Å². The number of benzene rings is 1. The highest BCUT2D eigenvalue weighted by Gasteiger charge is 2.08. The molecule has 0 atom stereocenters. The minimum atomic E-state index is -0.187. The second-order valence-corrected chi connectivity index (χ2v) is 5.02. The monoisotopic (exact) mass is 315 g/mol. The smallest absolute Gasteiger partial charge is 0.258 e. The molecule has 0 saturated heterocycles. The van der Waals surface area contributed by atoms with Gasteiger partial charge in [-0.3, -0.25) is 4.79 Å². The van der Waals surface area contributed by atoms with Gasteiger partial charge in [-0.2, -0.15) is 4.98 Å². The molecular weight excluding hydrogens is 294 g/mol. The number of nitrogens with zero attached hydrogens (tertiary/aromatic N) is 2. The fraction of sp³-hybridized carbons (Fsp3) is 0.353. The lowest BCUT2D eigenvalue weighted by Gasteiger charge is -2.06. The van der Waals surface area contributed by atoms with Crippen molar-refractivity contribution in [2.75, 3.05) is 13.2 Å². The van der Waals surface area contributed by atoms with Crippen molar-refractivity contribution in [3.63, 3.8) is 0 Å². The van der Waals surface area contributed by atoms with Crippen LogP contribution in [0.15, 0.2) is 41.4 Å². The van der Waals surface area contributed by atoms with Crippen molar-refractivity contribution >= 4 is 5.91 Å². The molecule has 122 valence electrons. The summed E-state index contributed by atoms with van der Waals surface area (Å²) < 4.78 is 10.6. The van der Waals surface area contributed by atoms with Crippen LogP contribution in [-0.4, -0.2) is 29.2 Å². The second kappa shape index (κ2) is 8.73. The highest BCUT2D eigenvalue weighted by molar-refractivity contribution is 5.77. The maximum absolute atomic E-state index is 11.4. The molecule has 2 rings (SSSR count). The van der Waals surface area contributed by atoms with Gasteiger partial charge in [-0.25, -0.2) is 0 Å². The molecule has 1 aromatic heterocycles. The summed E-state index contributed by atoms with van der Waals surface area (Å²) in [5.74, 6) is 1.64. The summed E-state index contributed by atoms with van der Waals surface area (Å²) >= 11 is 0. The summed E-state index contributed by atoms with van der Waals surface area (Å²) in [5, 5.41) is 6.62. The minimum Gasteiger partial charge on any atom is -0.484 e. The number of carbonyl (C=O) groups excluding carboxylic acids is 1. The van der Waals surface area contributed by atoms with E-state index in [2.05, 4.69) is 29.0 Å². The summed E-state index contributed by atoms with van der Waals surface area (Å²) in [6.45, 7) is 6.05. The molecule has 0 saturated carbocycles. The molecule has 6 nitrogen and oxygen atoms in total. The van der Waals surface area contributed by atoms with Crippen molar-refractivity contribution in [3.8, 4) is 17.1 Å². The van der Waals surface area contributed by atoms with E-state index in [1.54, 1.807) is 18.2 Å². The lowest BCUT2D eigenvalue weighted by Crippen LogP contribution is -2.28. The van der Waals surface area contributed by atoms with E-state index in [9.17, 15) is 4.79 Å². The van der Waals surface area contributed by atoms with Crippen molar-refractivity contribution in [2.45, 2.75) is 26.2 Å². The third-order valence-electron chi connectivity index (χ3n) is 3.14. The lowest BCUT2D eigenvalue weighted by molar-refractivity contribution is -0.122. The molecule has 2 aromatic rings. The summed E-state index contributed by atoms with van der Waals surface area (Å²) in [6.07, 6.45) is 4.53. The molecule has 0 spiro atoms. The first-order chi connectivity index (χ1) is 11.2. The van der Waals surface area contributed by atoms with E-state index < -0.39 is 0 Å². The molecule has 0 aliphatic rings. The fourth-order valence-electron chi connectivity index (χ4n) is 1.89. The molecule has 0 bridgehead atoms. The van der Waals surface area contributed by atoms with Gasteiger partial charge in [0.25, 0.3) is 5.91 Å². The largest absolute Gasteiger partial charge is 0.484 e. The van der Waals surface area contributed by atoms with Crippen LogP contribution in [0.4, 0.5) is 0 Å². The van der Waals surface area contributed by atoms with Gasteiger partial charge in [-0.05, 0) is 30.7 Å². The van der Waals surface area contributed by atoms with Crippen molar-refractivity contribution in [1.29, 1.82) is 0 Å². The summed E-state index contributed by atoms with van der Waals surface area (Å²) in [5.41, 5.74) is 0.847. The Hall–Kier alpha value is -2.63. The normalized spacial score (nSPS) is 10.3. The molecule has 0 aliphatic heterocycles. The van der Waals surface area contributed by atoms with Crippen LogP contribution in [0.25, 0.3) is 11.4 Å². The number of hydrogen-bond donors (Lipinski definition) is 1. The molecule has 1 aromatic carbocycles. The number of amides is 1. The number of ether oxygens (including phenoxy) is 1. The van der Waals surface area contributed by atoms with Crippen LogP contribution in [0, 0.1) is 0 Å². The number of unbranched alkanes of at least 4 members (excludes halogenated alkanes) is 1. The van der Waals surface area contributed by atoms with Gasteiger partial charge in [-0.1, -0.05) is 24.6 Å². The van der Waals surface area contributed by atoms with E-state index >= 15 is 0 Å². The Balaban J connectivity index is 1.90. The Morgan fingerprint density at radius 1 is 1.39 bits per heavy atom. The maximum atomic E-state index is 11.4. The van der Waals surface area contributed by atoms with Crippen LogP contribution in [-0.2, 0) is 11.2 Å². The van der Waals surface area contributed by atoms with Crippen molar-refractivity contribution in [1.82, 2.24) is 15.5 Å². The van der Waals surface area contributed by atoms with E-state index in [0.717, 1.165) is 24.8 Å². The lowest BCUT2D eigenvalue weighted by atomic mass is 10.2. The molecule has 1 amide bonds. The predicted octanol–water partition coefficient (Wildman–Crippen LogP) is 2.76. The van der Waals surface area contributed by atoms with Crippen LogP contribution in [0.5, 0.6) is 5.75 Å². The molecule has 1 N–H and O–H groups in total. The van der Waals surface area contributed by atoms with E-state index in [-0.39, 0.29) is 12.5 Å². The third kappa shape index (κ3) is 5.25. The average molecular weight is 315 g/mol. The van der Waals surface area contributed by atoms with Gasteiger partial charge in [-0.15, -0.1) is 6.58 Å². The Kier molecular flexibility index (Phi) is 6.35. The zero-order valence-electron chi connectivity index (χ0n) is 13.2. The van der Waals surface area contributed by atoms with Crippen LogP contribution in [0.1, 0.15) is 25.7 Å². The molecule has 6 heteroatoms. The van der Waals surface area contributed by atoms with Gasteiger partial charge in [0.1, 0.15) is 5.75 Å². The van der Waals surface area contributed by atoms with Gasteiger partial charge in [0.05, 0.1) is 0 Å². The van der Waals surface area contributed by atoms with Crippen molar-refractivity contribution in [2.24, 2.45) is 0 Å². The van der Waals surface area contributed by atoms with Gasteiger partial charge in [0.15, 0.2) is 6.61 Å². The minimum absolute atomic E-state index is 0.0312. The first-order valence-electron chi connectivity index (χ1n) is 7.66. The zero-order valence-corrected chi connectivity index (χ0v) is 13.2. The maximum Gasteiger partial charge on any atom is 0.258 e. The van der Waals surface area contributed by atoms with Crippen LogP contribution in [0.3, 0.4) is 0 Å². The van der Waals surface area contributed by atoms with Crippen molar-refractivity contribution in [3.05, 3.63) is 42.8 Å². The highest BCUT2D eigenvalue weighted by Crippen LogP contribution is 2.20. The Bertz CT molecular complexity index is 635. The Labute approximate surface area is 135 Å². The molecule has 23 heavy (non-hydrogen) atoms. The van der Waals surface area contributed by atoms with Gasteiger partial charge in [0.2, 0.25) is 11.7 Å². The molecule has 1 heterocycles.